The fourth-order valence-electron chi connectivity index (χ4n) is 2.11. The molecule has 5 nitrogen and oxygen atoms in total. The van der Waals surface area contributed by atoms with Gasteiger partial charge in [-0.15, -0.1) is 0 Å². The van der Waals surface area contributed by atoms with Crippen molar-refractivity contribution in [3.63, 3.8) is 0 Å². The van der Waals surface area contributed by atoms with Crippen LogP contribution in [0.25, 0.3) is 5.65 Å². The topological polar surface area (TPSA) is 41.8 Å². The lowest BCUT2D eigenvalue weighted by molar-refractivity contribution is 0.199. The number of rotatable bonds is 7. The zero-order valence-corrected chi connectivity index (χ0v) is 12.8. The first-order valence-electron chi connectivity index (χ1n) is 7.03. The molecular weight excluding hydrogens is 252 g/mol. The van der Waals surface area contributed by atoms with Crippen LogP contribution in [0.3, 0.4) is 0 Å². The van der Waals surface area contributed by atoms with E-state index in [9.17, 15) is 0 Å². The third kappa shape index (κ3) is 3.11. The van der Waals surface area contributed by atoms with E-state index in [0.29, 0.717) is 12.6 Å². The molecule has 0 bridgehead atoms. The first-order chi connectivity index (χ1) is 9.65. The molecule has 0 radical (unpaired) electrons. The van der Waals surface area contributed by atoms with Gasteiger partial charge < -0.3 is 19.4 Å². The Bertz CT molecular complexity index is 550. The zero-order valence-electron chi connectivity index (χ0n) is 12.8. The van der Waals surface area contributed by atoms with Crippen LogP contribution >= 0.6 is 0 Å². The molecule has 0 fully saturated rings. The van der Waals surface area contributed by atoms with E-state index in [-0.39, 0.29) is 0 Å². The number of anilines is 1. The van der Waals surface area contributed by atoms with Crippen molar-refractivity contribution in [2.45, 2.75) is 26.4 Å². The summed E-state index contributed by atoms with van der Waals surface area (Å²) in [6, 6.07) is 6.50. The van der Waals surface area contributed by atoms with Crippen LogP contribution in [0.5, 0.6) is 0 Å². The lowest BCUT2D eigenvalue weighted by atomic mass is 10.3. The molecule has 0 saturated carbocycles. The number of hydrogen-bond donors (Lipinski definition) is 1. The maximum Gasteiger partial charge on any atom is 0.152 e. The normalized spacial score (nSPS) is 11.4. The fourth-order valence-corrected chi connectivity index (χ4v) is 2.11. The van der Waals surface area contributed by atoms with E-state index in [2.05, 4.69) is 41.7 Å². The molecule has 0 aliphatic heterocycles. The average Bonchev–Trinajstić information content (AvgIpc) is 2.81. The van der Waals surface area contributed by atoms with E-state index in [0.717, 1.165) is 24.6 Å². The number of nitrogens with zero attached hydrogens (tertiary/aromatic N) is 3. The van der Waals surface area contributed by atoms with Gasteiger partial charge in [0.05, 0.1) is 12.3 Å². The third-order valence-electron chi connectivity index (χ3n) is 3.49. The van der Waals surface area contributed by atoms with Gasteiger partial charge in [0.1, 0.15) is 5.65 Å². The van der Waals surface area contributed by atoms with Crippen molar-refractivity contribution in [2.75, 3.05) is 32.2 Å². The predicted octanol–water partition coefficient (Wildman–Crippen LogP) is 1.91. The molecule has 0 aliphatic carbocycles. The van der Waals surface area contributed by atoms with Crippen LogP contribution < -0.4 is 10.2 Å². The van der Waals surface area contributed by atoms with Crippen molar-refractivity contribution in [3.05, 3.63) is 30.1 Å². The van der Waals surface area contributed by atoms with Crippen LogP contribution in [0.2, 0.25) is 0 Å². The molecule has 0 saturated heterocycles. The van der Waals surface area contributed by atoms with E-state index in [1.807, 2.05) is 18.2 Å². The van der Waals surface area contributed by atoms with Gasteiger partial charge in [0.2, 0.25) is 0 Å². The summed E-state index contributed by atoms with van der Waals surface area (Å²) in [5.41, 5.74) is 2.17. The number of imidazole rings is 1. The highest BCUT2D eigenvalue weighted by Gasteiger charge is 2.16. The van der Waals surface area contributed by atoms with Crippen molar-refractivity contribution >= 4 is 11.5 Å². The summed E-state index contributed by atoms with van der Waals surface area (Å²) in [7, 11) is 3.80. The van der Waals surface area contributed by atoms with Gasteiger partial charge in [-0.25, -0.2) is 4.98 Å². The average molecular weight is 276 g/mol. The Hall–Kier alpha value is -1.59. The molecular formula is C15H24N4O. The number of hydrogen-bond acceptors (Lipinski definition) is 4. The van der Waals surface area contributed by atoms with E-state index in [1.165, 1.54) is 5.69 Å². The molecule has 20 heavy (non-hydrogen) atoms. The minimum Gasteiger partial charge on any atom is -0.383 e. The van der Waals surface area contributed by atoms with E-state index < -0.39 is 0 Å². The van der Waals surface area contributed by atoms with Gasteiger partial charge in [0, 0.05) is 39.5 Å². The van der Waals surface area contributed by atoms with Crippen molar-refractivity contribution < 1.29 is 4.74 Å². The van der Waals surface area contributed by atoms with E-state index in [1.54, 1.807) is 7.11 Å². The first kappa shape index (κ1) is 14.8. The quantitative estimate of drug-likeness (QED) is 0.785. The van der Waals surface area contributed by atoms with Gasteiger partial charge in [0.15, 0.2) is 5.82 Å². The van der Waals surface area contributed by atoms with Gasteiger partial charge in [-0.3, -0.25) is 0 Å². The Kier molecular flexibility index (Phi) is 4.98. The minimum atomic E-state index is 0.414. The Balaban J connectivity index is 2.29. The fraction of sp³-hybridized carbons (Fsp3) is 0.533. The lowest BCUT2D eigenvalue weighted by Crippen LogP contribution is -2.28. The Morgan fingerprint density at radius 2 is 2.20 bits per heavy atom. The smallest absolute Gasteiger partial charge is 0.152 e. The summed E-state index contributed by atoms with van der Waals surface area (Å²) in [6.45, 7) is 6.67. The summed E-state index contributed by atoms with van der Waals surface area (Å²) in [4.78, 5) is 6.96. The second-order valence-electron chi connectivity index (χ2n) is 5.19. The summed E-state index contributed by atoms with van der Waals surface area (Å²) in [6.07, 6.45) is 2.06. The van der Waals surface area contributed by atoms with Crippen molar-refractivity contribution in [1.82, 2.24) is 14.7 Å². The van der Waals surface area contributed by atoms with Gasteiger partial charge in [0.25, 0.3) is 0 Å². The number of ether oxygens (including phenoxy) is 1. The SMILES string of the molecule is COCCNCc1c(N(C)C(C)C)nc2ccccn12. The second kappa shape index (κ2) is 6.72. The monoisotopic (exact) mass is 276 g/mol. The highest BCUT2D eigenvalue weighted by atomic mass is 16.5. The molecule has 110 valence electrons. The highest BCUT2D eigenvalue weighted by molar-refractivity contribution is 5.56. The lowest BCUT2D eigenvalue weighted by Gasteiger charge is -2.22. The van der Waals surface area contributed by atoms with Crippen LogP contribution in [0, 0.1) is 0 Å². The van der Waals surface area contributed by atoms with Crippen LogP contribution in [-0.4, -0.2) is 42.7 Å². The summed E-state index contributed by atoms with van der Waals surface area (Å²) in [5.74, 6) is 1.04. The maximum atomic E-state index is 5.07. The van der Waals surface area contributed by atoms with Crippen LogP contribution in [0.4, 0.5) is 5.82 Å². The molecule has 2 rings (SSSR count). The summed E-state index contributed by atoms with van der Waals surface area (Å²) >= 11 is 0. The van der Waals surface area contributed by atoms with Crippen molar-refractivity contribution in [1.29, 1.82) is 0 Å². The van der Waals surface area contributed by atoms with Gasteiger partial charge in [-0.2, -0.15) is 0 Å². The Labute approximate surface area is 120 Å². The van der Waals surface area contributed by atoms with E-state index >= 15 is 0 Å². The molecule has 0 aromatic carbocycles. The number of nitrogens with one attached hydrogen (secondary N) is 1. The molecule has 0 amide bonds. The largest absolute Gasteiger partial charge is 0.383 e. The second-order valence-corrected chi connectivity index (χ2v) is 5.19. The molecule has 0 spiro atoms. The maximum absolute atomic E-state index is 5.07. The van der Waals surface area contributed by atoms with Gasteiger partial charge in [-0.1, -0.05) is 6.07 Å². The summed E-state index contributed by atoms with van der Waals surface area (Å²) < 4.78 is 7.22. The number of fused-ring (bicyclic) bond motifs is 1. The standard InChI is InChI=1S/C15H24N4O/c1-12(2)18(3)15-13(11-16-8-10-20-4)19-9-6-5-7-14(19)17-15/h5-7,9,12,16H,8,10-11H2,1-4H3. The number of aromatic nitrogens is 2. The predicted molar refractivity (Wildman–Crippen MR) is 82.3 cm³/mol. The first-order valence-corrected chi connectivity index (χ1v) is 7.03. The van der Waals surface area contributed by atoms with Crippen LogP contribution in [0.1, 0.15) is 19.5 Å². The van der Waals surface area contributed by atoms with Gasteiger partial charge in [-0.05, 0) is 26.0 Å². The van der Waals surface area contributed by atoms with Crippen molar-refractivity contribution in [3.8, 4) is 0 Å². The molecule has 1 N–H and O–H groups in total. The summed E-state index contributed by atoms with van der Waals surface area (Å²) in [5, 5.41) is 3.40. The molecule has 0 unspecified atom stereocenters. The van der Waals surface area contributed by atoms with Crippen LogP contribution in [-0.2, 0) is 11.3 Å². The molecule has 2 heterocycles. The minimum absolute atomic E-state index is 0.414. The number of methoxy groups -OCH3 is 1. The Morgan fingerprint density at radius 3 is 2.90 bits per heavy atom. The van der Waals surface area contributed by atoms with Gasteiger partial charge >= 0.3 is 0 Å². The molecule has 2 aromatic heterocycles. The highest BCUT2D eigenvalue weighted by Crippen LogP contribution is 2.22. The molecule has 0 atom stereocenters. The Morgan fingerprint density at radius 1 is 1.40 bits per heavy atom. The zero-order chi connectivity index (χ0) is 14.5. The van der Waals surface area contributed by atoms with Crippen LogP contribution in [0.15, 0.2) is 24.4 Å². The molecule has 2 aromatic rings. The van der Waals surface area contributed by atoms with E-state index in [4.69, 9.17) is 9.72 Å². The molecule has 0 aliphatic rings. The number of pyridine rings is 1. The van der Waals surface area contributed by atoms with Crippen molar-refractivity contribution in [2.24, 2.45) is 0 Å². The molecule has 5 heteroatoms. The third-order valence-corrected chi connectivity index (χ3v) is 3.49.